The quantitative estimate of drug-likeness (QED) is 0.906. The lowest BCUT2D eigenvalue weighted by atomic mass is 9.99. The van der Waals surface area contributed by atoms with Crippen molar-refractivity contribution in [3.8, 4) is 5.75 Å². The van der Waals surface area contributed by atoms with Gasteiger partial charge in [0.25, 0.3) is 0 Å². The number of aryl methyl sites for hydroxylation is 1. The minimum absolute atomic E-state index is 0.0974. The minimum Gasteiger partial charge on any atom is -0.508 e. The molecule has 0 saturated carbocycles. The van der Waals surface area contributed by atoms with Crippen LogP contribution in [-0.4, -0.2) is 40.7 Å². The number of carbonyl (C=O) groups excluding carboxylic acids is 1. The van der Waals surface area contributed by atoms with Gasteiger partial charge in [-0.05, 0) is 36.6 Å². The number of nitrogens with one attached hydrogen (secondary N) is 1. The maximum absolute atomic E-state index is 12.0. The fourth-order valence-corrected chi connectivity index (χ4v) is 2.60. The van der Waals surface area contributed by atoms with Crippen LogP contribution in [0.25, 0.3) is 5.57 Å². The summed E-state index contributed by atoms with van der Waals surface area (Å²) in [5.41, 5.74) is 2.36. The van der Waals surface area contributed by atoms with E-state index in [-0.39, 0.29) is 11.7 Å². The van der Waals surface area contributed by atoms with Gasteiger partial charge in [0.05, 0.1) is 6.54 Å². The third kappa shape index (κ3) is 3.98. The van der Waals surface area contributed by atoms with Crippen LogP contribution in [0.15, 0.2) is 40.9 Å². The molecule has 0 atom stereocenters. The average Bonchev–Trinajstić information content (AvgIpc) is 2.94. The van der Waals surface area contributed by atoms with Crippen molar-refractivity contribution in [3.05, 3.63) is 47.7 Å². The van der Waals surface area contributed by atoms with E-state index in [4.69, 9.17) is 4.52 Å². The number of phenolic OH excluding ortho intramolecular Hbond substituents is 1. The van der Waals surface area contributed by atoms with Gasteiger partial charge in [-0.1, -0.05) is 23.4 Å². The zero-order valence-electron chi connectivity index (χ0n) is 13.0. The molecule has 2 N–H and O–H groups in total. The summed E-state index contributed by atoms with van der Waals surface area (Å²) in [7, 11) is 0. The number of nitrogens with zero attached hydrogens (tertiary/aromatic N) is 2. The van der Waals surface area contributed by atoms with E-state index >= 15 is 0 Å². The highest BCUT2D eigenvalue weighted by molar-refractivity contribution is 5.91. The van der Waals surface area contributed by atoms with E-state index in [1.54, 1.807) is 25.1 Å². The molecule has 1 aliphatic rings. The summed E-state index contributed by atoms with van der Waals surface area (Å²) >= 11 is 0. The molecule has 23 heavy (non-hydrogen) atoms. The SMILES string of the molecule is Cc1cc(NC(=O)CN2CC=C(c3ccc(O)cc3)CC2)no1. The highest BCUT2D eigenvalue weighted by Crippen LogP contribution is 2.23. The smallest absolute Gasteiger partial charge is 0.239 e. The average molecular weight is 313 g/mol. The summed E-state index contributed by atoms with van der Waals surface area (Å²) in [5.74, 6) is 1.29. The number of anilines is 1. The second kappa shape index (κ2) is 6.66. The van der Waals surface area contributed by atoms with E-state index in [2.05, 4.69) is 21.4 Å². The molecule has 0 spiro atoms. The molecular weight excluding hydrogens is 294 g/mol. The molecule has 0 saturated heterocycles. The van der Waals surface area contributed by atoms with Gasteiger partial charge in [0, 0.05) is 19.2 Å². The van der Waals surface area contributed by atoms with Crippen LogP contribution in [-0.2, 0) is 4.79 Å². The third-order valence-electron chi connectivity index (χ3n) is 3.79. The number of aromatic hydroxyl groups is 1. The van der Waals surface area contributed by atoms with Crippen molar-refractivity contribution in [1.82, 2.24) is 10.1 Å². The Bertz CT molecular complexity index is 719. The predicted octanol–water partition coefficient (Wildman–Crippen LogP) is 2.42. The number of benzene rings is 1. The normalized spacial score (nSPS) is 15.3. The van der Waals surface area contributed by atoms with Gasteiger partial charge in [0.1, 0.15) is 11.5 Å². The minimum atomic E-state index is -0.0974. The zero-order chi connectivity index (χ0) is 16.2. The van der Waals surface area contributed by atoms with Crippen molar-refractivity contribution in [3.63, 3.8) is 0 Å². The summed E-state index contributed by atoms with van der Waals surface area (Å²) in [5, 5.41) is 15.8. The first kappa shape index (κ1) is 15.3. The van der Waals surface area contributed by atoms with Crippen LogP contribution < -0.4 is 5.32 Å². The molecule has 2 heterocycles. The molecule has 6 heteroatoms. The number of hydrogen-bond acceptors (Lipinski definition) is 5. The largest absolute Gasteiger partial charge is 0.508 e. The van der Waals surface area contributed by atoms with Crippen molar-refractivity contribution < 1.29 is 14.4 Å². The van der Waals surface area contributed by atoms with Crippen LogP contribution >= 0.6 is 0 Å². The second-order valence-electron chi connectivity index (χ2n) is 5.63. The Morgan fingerprint density at radius 1 is 1.39 bits per heavy atom. The molecule has 0 aliphatic carbocycles. The standard InChI is InChI=1S/C17H19N3O3/c1-12-10-16(19-23-12)18-17(22)11-20-8-6-14(7-9-20)13-2-4-15(21)5-3-13/h2-6,10,21H,7-9,11H2,1H3,(H,18,19,22). The van der Waals surface area contributed by atoms with E-state index in [1.165, 1.54) is 5.57 Å². The summed E-state index contributed by atoms with van der Waals surface area (Å²) in [6.45, 7) is 3.65. The number of amides is 1. The first-order chi connectivity index (χ1) is 11.1. The fraction of sp³-hybridized carbons (Fsp3) is 0.294. The number of hydrogen-bond donors (Lipinski definition) is 2. The number of rotatable bonds is 4. The number of carbonyl (C=O) groups is 1. The van der Waals surface area contributed by atoms with Crippen molar-refractivity contribution in [1.29, 1.82) is 0 Å². The Labute approximate surface area is 134 Å². The van der Waals surface area contributed by atoms with Gasteiger partial charge in [-0.25, -0.2) is 0 Å². The Kier molecular flexibility index (Phi) is 4.43. The molecule has 0 radical (unpaired) electrons. The van der Waals surface area contributed by atoms with Crippen molar-refractivity contribution in [2.24, 2.45) is 0 Å². The Hall–Kier alpha value is -2.60. The van der Waals surface area contributed by atoms with Crippen LogP contribution in [0.5, 0.6) is 5.75 Å². The van der Waals surface area contributed by atoms with E-state index in [0.717, 1.165) is 25.1 Å². The van der Waals surface area contributed by atoms with Crippen molar-refractivity contribution in [2.45, 2.75) is 13.3 Å². The lowest BCUT2D eigenvalue weighted by Crippen LogP contribution is -2.36. The molecular formula is C17H19N3O3. The summed E-state index contributed by atoms with van der Waals surface area (Å²) in [4.78, 5) is 14.1. The van der Waals surface area contributed by atoms with Gasteiger partial charge in [-0.3, -0.25) is 9.69 Å². The van der Waals surface area contributed by atoms with E-state index in [1.807, 2.05) is 12.1 Å². The van der Waals surface area contributed by atoms with Crippen LogP contribution in [0.1, 0.15) is 17.7 Å². The van der Waals surface area contributed by atoms with Crippen LogP contribution in [0.2, 0.25) is 0 Å². The topological polar surface area (TPSA) is 78.6 Å². The van der Waals surface area contributed by atoms with Gasteiger partial charge in [0.2, 0.25) is 5.91 Å². The van der Waals surface area contributed by atoms with Gasteiger partial charge >= 0.3 is 0 Å². The molecule has 6 nitrogen and oxygen atoms in total. The molecule has 1 amide bonds. The van der Waals surface area contributed by atoms with E-state index in [0.29, 0.717) is 18.1 Å². The van der Waals surface area contributed by atoms with Crippen LogP contribution in [0.4, 0.5) is 5.82 Å². The maximum Gasteiger partial charge on any atom is 0.239 e. The van der Waals surface area contributed by atoms with Crippen molar-refractivity contribution in [2.75, 3.05) is 25.0 Å². The molecule has 3 rings (SSSR count). The van der Waals surface area contributed by atoms with Gasteiger partial charge in [-0.2, -0.15) is 0 Å². The number of phenols is 1. The molecule has 0 unspecified atom stereocenters. The maximum atomic E-state index is 12.0. The predicted molar refractivity (Wildman–Crippen MR) is 87.0 cm³/mol. The lowest BCUT2D eigenvalue weighted by molar-refractivity contribution is -0.117. The molecule has 120 valence electrons. The summed E-state index contributed by atoms with van der Waals surface area (Å²) in [6, 6.07) is 8.90. The van der Waals surface area contributed by atoms with Crippen molar-refractivity contribution >= 4 is 17.3 Å². The Morgan fingerprint density at radius 3 is 2.78 bits per heavy atom. The fourth-order valence-electron chi connectivity index (χ4n) is 2.60. The van der Waals surface area contributed by atoms with Crippen LogP contribution in [0, 0.1) is 6.92 Å². The molecule has 0 fully saturated rings. The molecule has 1 aromatic carbocycles. The van der Waals surface area contributed by atoms with E-state index < -0.39 is 0 Å². The Balaban J connectivity index is 1.54. The third-order valence-corrected chi connectivity index (χ3v) is 3.79. The zero-order valence-corrected chi connectivity index (χ0v) is 13.0. The summed E-state index contributed by atoms with van der Waals surface area (Å²) < 4.78 is 4.92. The van der Waals surface area contributed by atoms with Gasteiger partial charge < -0.3 is 14.9 Å². The molecule has 1 aromatic heterocycles. The molecule has 1 aliphatic heterocycles. The van der Waals surface area contributed by atoms with Gasteiger partial charge in [-0.15, -0.1) is 0 Å². The monoisotopic (exact) mass is 313 g/mol. The Morgan fingerprint density at radius 2 is 2.17 bits per heavy atom. The number of aromatic nitrogens is 1. The second-order valence-corrected chi connectivity index (χ2v) is 5.63. The molecule has 2 aromatic rings. The lowest BCUT2D eigenvalue weighted by Gasteiger charge is -2.25. The van der Waals surface area contributed by atoms with E-state index in [9.17, 15) is 9.90 Å². The highest BCUT2D eigenvalue weighted by atomic mass is 16.5. The van der Waals surface area contributed by atoms with Crippen LogP contribution in [0.3, 0.4) is 0 Å². The summed E-state index contributed by atoms with van der Waals surface area (Å²) in [6.07, 6.45) is 3.00. The first-order valence-electron chi connectivity index (χ1n) is 7.54. The highest BCUT2D eigenvalue weighted by Gasteiger charge is 2.16. The van der Waals surface area contributed by atoms with Gasteiger partial charge in [0.15, 0.2) is 5.82 Å². The molecule has 0 bridgehead atoms. The first-order valence-corrected chi connectivity index (χ1v) is 7.54.